The molecular weight excluding hydrogens is 462 g/mol. The molecule has 0 spiro atoms. The topological polar surface area (TPSA) is 47.9 Å². The van der Waals surface area contributed by atoms with E-state index in [2.05, 4.69) is 45.2 Å². The van der Waals surface area contributed by atoms with Crippen LogP contribution in [0.25, 0.3) is 0 Å². The van der Waals surface area contributed by atoms with Crippen LogP contribution in [0.15, 0.2) is 6.07 Å². The molecule has 6 heteroatoms. The van der Waals surface area contributed by atoms with Crippen molar-refractivity contribution in [2.75, 3.05) is 13.7 Å². The number of ether oxygens (including phenoxy) is 3. The Morgan fingerprint density at radius 1 is 1.33 bits per heavy atom. The van der Waals surface area contributed by atoms with Crippen LogP contribution in [0.2, 0.25) is 0 Å². The summed E-state index contributed by atoms with van der Waals surface area (Å²) in [6, 6.07) is 1.89. The minimum absolute atomic E-state index is 0.0219. The summed E-state index contributed by atoms with van der Waals surface area (Å²) in [5.74, 6) is 1.29. The van der Waals surface area contributed by atoms with Crippen molar-refractivity contribution in [1.82, 2.24) is 0 Å². The second-order valence-corrected chi connectivity index (χ2v) is 5.73. The van der Waals surface area contributed by atoms with E-state index in [0.29, 0.717) is 18.1 Å². The van der Waals surface area contributed by atoms with Crippen LogP contribution in [0.4, 0.5) is 0 Å². The lowest BCUT2D eigenvalue weighted by atomic mass is 10.2. The third kappa shape index (κ3) is 3.84. The molecule has 0 amide bonds. The van der Waals surface area contributed by atoms with Crippen molar-refractivity contribution < 1.29 is 19.3 Å². The summed E-state index contributed by atoms with van der Waals surface area (Å²) >= 11 is 4.30. The van der Waals surface area contributed by atoms with Crippen LogP contribution in [0.5, 0.6) is 11.5 Å². The van der Waals surface area contributed by atoms with Crippen molar-refractivity contribution in [2.45, 2.75) is 26.7 Å². The molecular formula is C12H16I2O4. The van der Waals surface area contributed by atoms with Gasteiger partial charge in [0.15, 0.2) is 17.8 Å². The largest absolute Gasteiger partial charge is 0.492 e. The van der Waals surface area contributed by atoms with Gasteiger partial charge in [0.2, 0.25) is 0 Å². The summed E-state index contributed by atoms with van der Waals surface area (Å²) in [7, 11) is 1.59. The van der Waals surface area contributed by atoms with Gasteiger partial charge in [-0.25, -0.2) is 0 Å². The molecule has 1 atom stereocenters. The second-order valence-electron chi connectivity index (χ2n) is 3.49. The first-order valence-corrected chi connectivity index (χ1v) is 7.64. The summed E-state index contributed by atoms with van der Waals surface area (Å²) in [6.45, 7) is 4.32. The fourth-order valence-electron chi connectivity index (χ4n) is 1.48. The van der Waals surface area contributed by atoms with Crippen LogP contribution in [-0.4, -0.2) is 25.1 Å². The van der Waals surface area contributed by atoms with Crippen LogP contribution in [0, 0.1) is 7.14 Å². The van der Waals surface area contributed by atoms with Crippen LogP contribution in [-0.2, 0) is 11.3 Å². The van der Waals surface area contributed by atoms with Gasteiger partial charge in [0.05, 0.1) is 20.9 Å². The van der Waals surface area contributed by atoms with Crippen molar-refractivity contribution in [1.29, 1.82) is 0 Å². The molecule has 18 heavy (non-hydrogen) atoms. The molecule has 0 aliphatic heterocycles. The summed E-state index contributed by atoms with van der Waals surface area (Å²) in [6.07, 6.45) is -0.340. The van der Waals surface area contributed by atoms with E-state index < -0.39 is 0 Å². The smallest absolute Gasteiger partial charge is 0.197 e. The highest BCUT2D eigenvalue weighted by Gasteiger charge is 2.19. The summed E-state index contributed by atoms with van der Waals surface area (Å²) in [4.78, 5) is 0. The highest BCUT2D eigenvalue weighted by atomic mass is 127. The molecule has 0 saturated carbocycles. The Kier molecular flexibility index (Phi) is 6.96. The molecule has 0 aliphatic rings. The van der Waals surface area contributed by atoms with Gasteiger partial charge in [0.1, 0.15) is 0 Å². The van der Waals surface area contributed by atoms with Gasteiger partial charge in [-0.05, 0) is 70.7 Å². The Morgan fingerprint density at radius 2 is 2.00 bits per heavy atom. The van der Waals surface area contributed by atoms with Crippen LogP contribution >= 0.6 is 45.2 Å². The van der Waals surface area contributed by atoms with E-state index >= 15 is 0 Å². The Bertz CT molecular complexity index is 410. The number of aliphatic hydroxyl groups excluding tert-OH is 1. The highest BCUT2D eigenvalue weighted by molar-refractivity contribution is 14.1. The number of rotatable bonds is 6. The number of halogens is 2. The van der Waals surface area contributed by atoms with Gasteiger partial charge in [0.25, 0.3) is 0 Å². The van der Waals surface area contributed by atoms with Crippen molar-refractivity contribution in [3.8, 4) is 11.5 Å². The van der Waals surface area contributed by atoms with E-state index in [1.165, 1.54) is 0 Å². The fraction of sp³-hybridized carbons (Fsp3) is 0.500. The SMILES string of the molecule is CCOC(C)Oc1c(I)cc(CO)c(I)c1OC. The molecule has 1 rings (SSSR count). The second kappa shape index (κ2) is 7.71. The summed E-state index contributed by atoms with van der Waals surface area (Å²) in [5, 5.41) is 9.29. The van der Waals surface area contributed by atoms with Gasteiger partial charge in [-0.2, -0.15) is 0 Å². The number of hydrogen-bond acceptors (Lipinski definition) is 4. The number of hydrogen-bond donors (Lipinski definition) is 1. The van der Waals surface area contributed by atoms with Gasteiger partial charge in [-0.3, -0.25) is 0 Å². The summed E-state index contributed by atoms with van der Waals surface area (Å²) in [5.41, 5.74) is 0.827. The zero-order valence-corrected chi connectivity index (χ0v) is 14.8. The number of benzene rings is 1. The van der Waals surface area contributed by atoms with Crippen molar-refractivity contribution in [3.63, 3.8) is 0 Å². The predicted octanol–water partition coefficient (Wildman–Crippen LogP) is 3.16. The van der Waals surface area contributed by atoms with Gasteiger partial charge in [0, 0.05) is 6.61 Å². The van der Waals surface area contributed by atoms with Gasteiger partial charge < -0.3 is 19.3 Å². The minimum Gasteiger partial charge on any atom is -0.492 e. The first-order valence-electron chi connectivity index (χ1n) is 5.49. The Morgan fingerprint density at radius 3 is 2.50 bits per heavy atom. The Balaban J connectivity index is 3.14. The Labute approximate surface area is 134 Å². The van der Waals surface area contributed by atoms with Gasteiger partial charge in [-0.1, -0.05) is 0 Å². The molecule has 0 radical (unpaired) electrons. The molecule has 4 nitrogen and oxygen atoms in total. The van der Waals surface area contributed by atoms with E-state index in [4.69, 9.17) is 14.2 Å². The third-order valence-corrected chi connectivity index (χ3v) is 4.25. The molecule has 1 unspecified atom stereocenters. The standard InChI is InChI=1S/C12H16I2O4/c1-4-17-7(2)18-11-9(13)5-8(6-15)10(14)12(11)16-3/h5,7,15H,4,6H2,1-3H3. The molecule has 0 aliphatic carbocycles. The van der Waals surface area contributed by atoms with E-state index in [1.807, 2.05) is 19.9 Å². The maximum Gasteiger partial charge on any atom is 0.197 e. The Hall–Kier alpha value is 0.200. The quantitative estimate of drug-likeness (QED) is 0.505. The van der Waals surface area contributed by atoms with Gasteiger partial charge in [-0.15, -0.1) is 0 Å². The molecule has 102 valence electrons. The maximum atomic E-state index is 9.29. The molecule has 0 heterocycles. The molecule has 1 aromatic rings. The number of methoxy groups -OCH3 is 1. The maximum absolute atomic E-state index is 9.29. The average Bonchev–Trinajstić information content (AvgIpc) is 2.34. The molecule has 0 saturated heterocycles. The van der Waals surface area contributed by atoms with Crippen molar-refractivity contribution in [3.05, 3.63) is 18.8 Å². The normalized spacial score (nSPS) is 12.3. The first-order chi connectivity index (χ1) is 8.54. The van der Waals surface area contributed by atoms with E-state index in [1.54, 1.807) is 7.11 Å². The van der Waals surface area contributed by atoms with E-state index in [0.717, 1.165) is 12.7 Å². The minimum atomic E-state index is -0.340. The number of aliphatic hydroxyl groups is 1. The predicted molar refractivity (Wildman–Crippen MR) is 86.1 cm³/mol. The molecule has 0 aromatic heterocycles. The molecule has 1 aromatic carbocycles. The molecule has 1 N–H and O–H groups in total. The van der Waals surface area contributed by atoms with Crippen LogP contribution in [0.1, 0.15) is 19.4 Å². The van der Waals surface area contributed by atoms with Crippen LogP contribution < -0.4 is 9.47 Å². The van der Waals surface area contributed by atoms with Crippen molar-refractivity contribution >= 4 is 45.2 Å². The first kappa shape index (κ1) is 16.3. The monoisotopic (exact) mass is 478 g/mol. The molecule has 0 fully saturated rings. The van der Waals surface area contributed by atoms with Crippen LogP contribution in [0.3, 0.4) is 0 Å². The van der Waals surface area contributed by atoms with Crippen molar-refractivity contribution in [2.24, 2.45) is 0 Å². The highest BCUT2D eigenvalue weighted by Crippen LogP contribution is 2.39. The van der Waals surface area contributed by atoms with Gasteiger partial charge >= 0.3 is 0 Å². The van der Waals surface area contributed by atoms with E-state index in [9.17, 15) is 5.11 Å². The molecule has 0 bridgehead atoms. The lowest BCUT2D eigenvalue weighted by molar-refractivity contribution is -0.0628. The fourth-order valence-corrected chi connectivity index (χ4v) is 3.02. The summed E-state index contributed by atoms with van der Waals surface area (Å²) < 4.78 is 18.2. The van der Waals surface area contributed by atoms with E-state index in [-0.39, 0.29) is 12.9 Å². The zero-order valence-electron chi connectivity index (χ0n) is 10.5. The lowest BCUT2D eigenvalue weighted by Gasteiger charge is -2.20. The average molecular weight is 478 g/mol. The lowest BCUT2D eigenvalue weighted by Crippen LogP contribution is -2.17. The zero-order chi connectivity index (χ0) is 13.7. The third-order valence-electron chi connectivity index (χ3n) is 2.27.